The van der Waals surface area contributed by atoms with E-state index >= 15 is 0 Å². The van der Waals surface area contributed by atoms with E-state index < -0.39 is 10.0 Å². The lowest BCUT2D eigenvalue weighted by Gasteiger charge is -2.19. The van der Waals surface area contributed by atoms with Crippen molar-refractivity contribution in [3.05, 3.63) is 41.6 Å². The molecular formula is C14H20N4O2S. The fourth-order valence-electron chi connectivity index (χ4n) is 2.03. The quantitative estimate of drug-likeness (QED) is 0.884. The molecule has 0 aliphatic heterocycles. The summed E-state index contributed by atoms with van der Waals surface area (Å²) in [5.74, 6) is 0.665. The van der Waals surface area contributed by atoms with Gasteiger partial charge in [0.1, 0.15) is 5.82 Å². The van der Waals surface area contributed by atoms with Gasteiger partial charge in [-0.2, -0.15) is 4.31 Å². The molecule has 7 heteroatoms. The van der Waals surface area contributed by atoms with E-state index in [0.29, 0.717) is 18.8 Å². The Labute approximate surface area is 125 Å². The van der Waals surface area contributed by atoms with Gasteiger partial charge in [-0.1, -0.05) is 19.9 Å². The number of aromatic amines is 1. The van der Waals surface area contributed by atoms with E-state index in [1.165, 1.54) is 10.5 Å². The summed E-state index contributed by atoms with van der Waals surface area (Å²) in [5.41, 5.74) is 1.60. The zero-order valence-electron chi connectivity index (χ0n) is 12.5. The molecule has 0 aliphatic rings. The van der Waals surface area contributed by atoms with Crippen LogP contribution in [0.1, 0.15) is 31.1 Å². The van der Waals surface area contributed by atoms with Crippen molar-refractivity contribution in [1.82, 2.24) is 19.3 Å². The first-order chi connectivity index (χ1) is 9.97. The number of aromatic nitrogens is 3. The lowest BCUT2D eigenvalue weighted by atomic mass is 10.3. The van der Waals surface area contributed by atoms with Crippen molar-refractivity contribution in [2.24, 2.45) is 0 Å². The van der Waals surface area contributed by atoms with Crippen LogP contribution in [-0.2, 0) is 23.0 Å². The smallest absolute Gasteiger partial charge is 0.260 e. The van der Waals surface area contributed by atoms with Crippen LogP contribution in [0.4, 0.5) is 0 Å². The van der Waals surface area contributed by atoms with Gasteiger partial charge in [0, 0.05) is 18.7 Å². The molecule has 0 unspecified atom stereocenters. The van der Waals surface area contributed by atoms with Gasteiger partial charge in [-0.05, 0) is 19.1 Å². The number of aryl methyl sites for hydroxylation is 2. The summed E-state index contributed by atoms with van der Waals surface area (Å²) >= 11 is 0. The van der Waals surface area contributed by atoms with E-state index in [2.05, 4.69) is 15.0 Å². The van der Waals surface area contributed by atoms with E-state index in [-0.39, 0.29) is 11.6 Å². The Kier molecular flexibility index (Phi) is 4.74. The summed E-state index contributed by atoms with van der Waals surface area (Å²) in [5, 5.41) is 0.133. The van der Waals surface area contributed by atoms with Crippen molar-refractivity contribution in [1.29, 1.82) is 0 Å². The van der Waals surface area contributed by atoms with E-state index in [0.717, 1.165) is 11.4 Å². The lowest BCUT2D eigenvalue weighted by molar-refractivity contribution is 0.417. The van der Waals surface area contributed by atoms with E-state index in [4.69, 9.17) is 0 Å². The van der Waals surface area contributed by atoms with E-state index in [1.807, 2.05) is 39.0 Å². The molecule has 114 valence electrons. The van der Waals surface area contributed by atoms with Crippen LogP contribution in [0.5, 0.6) is 0 Å². The Bertz CT molecular complexity index is 709. The second kappa shape index (κ2) is 6.36. The Morgan fingerprint density at radius 1 is 1.29 bits per heavy atom. The van der Waals surface area contributed by atoms with Crippen LogP contribution in [0, 0.1) is 6.92 Å². The molecule has 0 atom stereocenters. The Balaban J connectivity index is 2.27. The van der Waals surface area contributed by atoms with Crippen LogP contribution in [0.2, 0.25) is 0 Å². The minimum Gasteiger partial charge on any atom is -0.332 e. The van der Waals surface area contributed by atoms with Gasteiger partial charge in [0.25, 0.3) is 10.0 Å². The molecule has 0 aromatic carbocycles. The third-order valence-electron chi connectivity index (χ3n) is 3.19. The Hall–Kier alpha value is -1.73. The summed E-state index contributed by atoms with van der Waals surface area (Å²) in [6.45, 7) is 6.24. The fourth-order valence-corrected chi connectivity index (χ4v) is 3.38. The average molecular weight is 308 g/mol. The minimum absolute atomic E-state index is 0.133. The van der Waals surface area contributed by atoms with Gasteiger partial charge in [0.2, 0.25) is 0 Å². The topological polar surface area (TPSA) is 79.0 Å². The van der Waals surface area contributed by atoms with Crippen LogP contribution in [0.3, 0.4) is 0 Å². The lowest BCUT2D eigenvalue weighted by Crippen LogP contribution is -2.31. The molecule has 1 N–H and O–H groups in total. The van der Waals surface area contributed by atoms with Crippen LogP contribution < -0.4 is 0 Å². The first-order valence-corrected chi connectivity index (χ1v) is 8.38. The molecule has 2 aromatic heterocycles. The molecule has 21 heavy (non-hydrogen) atoms. The fraction of sp³-hybridized carbons (Fsp3) is 0.429. The molecule has 6 nitrogen and oxygen atoms in total. The maximum atomic E-state index is 12.6. The molecule has 0 amide bonds. The van der Waals surface area contributed by atoms with Crippen molar-refractivity contribution >= 4 is 10.0 Å². The number of nitrogens with zero attached hydrogens (tertiary/aromatic N) is 3. The molecule has 0 fully saturated rings. The Morgan fingerprint density at radius 2 is 2.05 bits per heavy atom. The number of rotatable bonds is 6. The number of hydrogen-bond acceptors (Lipinski definition) is 4. The predicted molar refractivity (Wildman–Crippen MR) is 80.2 cm³/mol. The number of pyridine rings is 1. The molecule has 2 rings (SSSR count). The summed E-state index contributed by atoms with van der Waals surface area (Å²) < 4.78 is 26.6. The first kappa shape index (κ1) is 15.7. The summed E-state index contributed by atoms with van der Waals surface area (Å²) in [4.78, 5) is 11.3. The highest BCUT2D eigenvalue weighted by atomic mass is 32.2. The second-order valence-electron chi connectivity index (χ2n) is 4.75. The average Bonchev–Trinajstić information content (AvgIpc) is 2.94. The minimum atomic E-state index is -3.58. The molecule has 0 aliphatic carbocycles. The van der Waals surface area contributed by atoms with Crippen LogP contribution in [0.25, 0.3) is 0 Å². The summed E-state index contributed by atoms with van der Waals surface area (Å²) in [6, 6.07) is 5.59. The third-order valence-corrected chi connectivity index (χ3v) is 5.03. The van der Waals surface area contributed by atoms with Crippen LogP contribution >= 0.6 is 0 Å². The van der Waals surface area contributed by atoms with Gasteiger partial charge >= 0.3 is 0 Å². The normalized spacial score (nSPS) is 12.0. The number of hydrogen-bond donors (Lipinski definition) is 1. The number of H-pyrrole nitrogens is 1. The second-order valence-corrected chi connectivity index (χ2v) is 6.66. The molecule has 2 heterocycles. The standard InChI is InChI=1S/C14H20N4O2S/c1-4-13-15-9-14(17-13)21(19,20)18(5-2)10-12-8-6-7-11(3)16-12/h6-9H,4-5,10H2,1-3H3,(H,15,17). The third kappa shape index (κ3) is 3.48. The largest absolute Gasteiger partial charge is 0.332 e. The zero-order valence-corrected chi connectivity index (χ0v) is 13.3. The Morgan fingerprint density at radius 3 is 2.62 bits per heavy atom. The molecular weight excluding hydrogens is 288 g/mol. The molecule has 2 aromatic rings. The molecule has 0 saturated carbocycles. The van der Waals surface area contributed by atoms with Gasteiger partial charge in [-0.15, -0.1) is 0 Å². The van der Waals surface area contributed by atoms with Crippen LogP contribution in [-0.4, -0.2) is 34.2 Å². The zero-order chi connectivity index (χ0) is 15.5. The maximum Gasteiger partial charge on any atom is 0.260 e. The monoisotopic (exact) mass is 308 g/mol. The summed E-state index contributed by atoms with van der Waals surface area (Å²) in [7, 11) is -3.58. The van der Waals surface area contributed by atoms with Crippen molar-refractivity contribution < 1.29 is 8.42 Å². The van der Waals surface area contributed by atoms with Crippen molar-refractivity contribution in [3.8, 4) is 0 Å². The van der Waals surface area contributed by atoms with Crippen molar-refractivity contribution in [2.75, 3.05) is 6.54 Å². The highest BCUT2D eigenvalue weighted by Gasteiger charge is 2.25. The van der Waals surface area contributed by atoms with Crippen molar-refractivity contribution in [3.63, 3.8) is 0 Å². The maximum absolute atomic E-state index is 12.6. The highest BCUT2D eigenvalue weighted by molar-refractivity contribution is 7.89. The molecule has 0 spiro atoms. The molecule has 0 bridgehead atoms. The molecule has 0 saturated heterocycles. The van der Waals surface area contributed by atoms with Gasteiger partial charge in [0.15, 0.2) is 5.03 Å². The number of sulfonamides is 1. The first-order valence-electron chi connectivity index (χ1n) is 6.94. The van der Waals surface area contributed by atoms with Crippen LogP contribution in [0.15, 0.2) is 29.4 Å². The van der Waals surface area contributed by atoms with Gasteiger partial charge in [-0.3, -0.25) is 4.98 Å². The van der Waals surface area contributed by atoms with E-state index in [1.54, 1.807) is 0 Å². The number of nitrogens with one attached hydrogen (secondary N) is 1. The molecule has 0 radical (unpaired) electrons. The van der Waals surface area contributed by atoms with Gasteiger partial charge < -0.3 is 4.98 Å². The number of imidazole rings is 1. The highest BCUT2D eigenvalue weighted by Crippen LogP contribution is 2.16. The SMILES string of the molecule is CCc1ncc(S(=O)(=O)N(CC)Cc2cccc(C)n2)[nH]1. The van der Waals surface area contributed by atoms with Crippen molar-refractivity contribution in [2.45, 2.75) is 38.8 Å². The predicted octanol–water partition coefficient (Wildman–Crippen LogP) is 1.89. The summed E-state index contributed by atoms with van der Waals surface area (Å²) in [6.07, 6.45) is 2.04. The van der Waals surface area contributed by atoms with Gasteiger partial charge in [0.05, 0.1) is 18.4 Å². The van der Waals surface area contributed by atoms with Gasteiger partial charge in [-0.25, -0.2) is 13.4 Å². The van der Waals surface area contributed by atoms with E-state index in [9.17, 15) is 8.42 Å².